The summed E-state index contributed by atoms with van der Waals surface area (Å²) in [7, 11) is 0. The van der Waals surface area contributed by atoms with E-state index in [1.165, 1.54) is 0 Å². The van der Waals surface area contributed by atoms with Crippen LogP contribution >= 0.6 is 31.9 Å². The van der Waals surface area contributed by atoms with E-state index in [-0.39, 0.29) is 0 Å². The minimum Gasteiger partial charge on any atom is -0.463 e. The second kappa shape index (κ2) is 6.62. The Morgan fingerprint density at radius 2 is 1.85 bits per heavy atom. The molecule has 5 rings (SSSR count). The van der Waals surface area contributed by atoms with Gasteiger partial charge in [-0.2, -0.15) is 0 Å². The first-order valence-corrected chi connectivity index (χ1v) is 10.0. The molecule has 2 aromatic heterocycles. The van der Waals surface area contributed by atoms with Crippen LogP contribution in [0.4, 0.5) is 0 Å². The summed E-state index contributed by atoms with van der Waals surface area (Å²) < 4.78 is 9.72. The Bertz CT molecular complexity index is 1180. The van der Waals surface area contributed by atoms with Crippen LogP contribution in [-0.2, 0) is 6.54 Å². The fourth-order valence-corrected chi connectivity index (χ4v) is 4.22. The summed E-state index contributed by atoms with van der Waals surface area (Å²) in [6.07, 6.45) is 3.51. The molecule has 0 saturated carbocycles. The van der Waals surface area contributed by atoms with Crippen LogP contribution in [0.15, 0.2) is 85.5 Å². The van der Waals surface area contributed by atoms with Crippen molar-refractivity contribution >= 4 is 37.6 Å². The van der Waals surface area contributed by atoms with Gasteiger partial charge in [0.15, 0.2) is 5.76 Å². The van der Waals surface area contributed by atoms with Gasteiger partial charge in [-0.25, -0.2) is 4.98 Å². The zero-order valence-electron chi connectivity index (χ0n) is 14.1. The van der Waals surface area contributed by atoms with E-state index >= 15 is 0 Å². The number of hydrogen-bond donors (Lipinski definition) is 0. The lowest BCUT2D eigenvalue weighted by atomic mass is 10.0. The third kappa shape index (κ3) is 2.80. The molecule has 0 bridgehead atoms. The molecular formula is C21H13Br2N3O. The van der Waals surface area contributed by atoms with E-state index in [1.54, 1.807) is 6.26 Å². The Morgan fingerprint density at radius 3 is 2.67 bits per heavy atom. The Kier molecular flexibility index (Phi) is 4.10. The van der Waals surface area contributed by atoms with Crippen LogP contribution in [0.2, 0.25) is 0 Å². The maximum atomic E-state index is 5.58. The molecule has 0 amide bonds. The fraction of sp³-hybridized carbons (Fsp3) is 0.0476. The molecule has 3 heterocycles. The average Bonchev–Trinajstić information content (AvgIpc) is 3.30. The van der Waals surface area contributed by atoms with Crippen molar-refractivity contribution in [2.45, 2.75) is 6.54 Å². The molecule has 132 valence electrons. The van der Waals surface area contributed by atoms with E-state index in [2.05, 4.69) is 59.6 Å². The van der Waals surface area contributed by atoms with E-state index in [1.807, 2.05) is 42.7 Å². The molecule has 0 unspecified atom stereocenters. The normalized spacial score (nSPS) is 12.9. The number of benzene rings is 2. The Balaban J connectivity index is 1.77. The summed E-state index contributed by atoms with van der Waals surface area (Å²) in [6, 6.07) is 18.2. The summed E-state index contributed by atoms with van der Waals surface area (Å²) in [5, 5.41) is 0. The summed E-state index contributed by atoms with van der Waals surface area (Å²) in [5.41, 5.74) is 5.95. The largest absolute Gasteiger partial charge is 0.463 e. The van der Waals surface area contributed by atoms with Crippen LogP contribution in [0.1, 0.15) is 16.8 Å². The highest BCUT2D eigenvalue weighted by Gasteiger charge is 2.24. The van der Waals surface area contributed by atoms with Crippen LogP contribution in [0.25, 0.3) is 17.1 Å². The lowest BCUT2D eigenvalue weighted by molar-refractivity contribution is 0.579. The molecule has 0 aliphatic carbocycles. The van der Waals surface area contributed by atoms with E-state index in [0.29, 0.717) is 6.54 Å². The molecule has 0 saturated heterocycles. The van der Waals surface area contributed by atoms with Gasteiger partial charge in [0, 0.05) is 20.1 Å². The van der Waals surface area contributed by atoms with Crippen molar-refractivity contribution in [2.24, 2.45) is 4.99 Å². The van der Waals surface area contributed by atoms with Gasteiger partial charge in [-0.05, 0) is 36.4 Å². The minimum atomic E-state index is 0.513. The van der Waals surface area contributed by atoms with Crippen molar-refractivity contribution in [3.8, 4) is 17.1 Å². The van der Waals surface area contributed by atoms with Gasteiger partial charge in [0.1, 0.15) is 12.0 Å². The van der Waals surface area contributed by atoms with Gasteiger partial charge in [0.05, 0.1) is 29.9 Å². The predicted octanol–water partition coefficient (Wildman–Crippen LogP) is 6.01. The predicted molar refractivity (Wildman–Crippen MR) is 112 cm³/mol. The number of furan rings is 1. The van der Waals surface area contributed by atoms with Gasteiger partial charge in [0.25, 0.3) is 0 Å². The number of nitrogens with zero attached hydrogens (tertiary/aromatic N) is 3. The molecule has 2 aromatic carbocycles. The maximum absolute atomic E-state index is 5.58. The highest BCUT2D eigenvalue weighted by molar-refractivity contribution is 9.10. The molecule has 0 spiro atoms. The first-order chi connectivity index (χ1) is 13.2. The zero-order valence-corrected chi connectivity index (χ0v) is 17.2. The number of rotatable bonds is 2. The van der Waals surface area contributed by atoms with E-state index in [4.69, 9.17) is 9.41 Å². The fourth-order valence-electron chi connectivity index (χ4n) is 3.38. The van der Waals surface area contributed by atoms with E-state index in [0.717, 1.165) is 48.6 Å². The van der Waals surface area contributed by atoms with Crippen LogP contribution in [0.5, 0.6) is 0 Å². The topological polar surface area (TPSA) is 43.3 Å². The summed E-state index contributed by atoms with van der Waals surface area (Å²) in [6.45, 7) is 0.513. The van der Waals surface area contributed by atoms with Crippen LogP contribution in [-0.4, -0.2) is 15.3 Å². The highest BCUT2D eigenvalue weighted by Crippen LogP contribution is 2.33. The van der Waals surface area contributed by atoms with E-state index < -0.39 is 0 Å². The van der Waals surface area contributed by atoms with Crippen molar-refractivity contribution in [1.82, 2.24) is 9.55 Å². The number of aromatic nitrogens is 2. The monoisotopic (exact) mass is 481 g/mol. The maximum Gasteiger partial charge on any atom is 0.154 e. The standard InChI is InChI=1S/C21H13Br2N3O/c22-13-7-8-17-15(10-13)20(14-4-1-2-5-16(14)23)24-11-18-21(25-12-26(17)18)19-6-3-9-27-19/h1-10,12H,11H2. The molecule has 4 aromatic rings. The summed E-state index contributed by atoms with van der Waals surface area (Å²) >= 11 is 7.28. The molecule has 1 aliphatic rings. The molecular weight excluding hydrogens is 470 g/mol. The smallest absolute Gasteiger partial charge is 0.154 e. The van der Waals surface area contributed by atoms with Crippen molar-refractivity contribution < 1.29 is 4.42 Å². The minimum absolute atomic E-state index is 0.513. The van der Waals surface area contributed by atoms with Crippen LogP contribution in [0.3, 0.4) is 0 Å². The molecule has 1 aliphatic heterocycles. The van der Waals surface area contributed by atoms with Crippen molar-refractivity contribution in [2.75, 3.05) is 0 Å². The Labute approximate surface area is 172 Å². The molecule has 0 fully saturated rings. The quantitative estimate of drug-likeness (QED) is 0.351. The summed E-state index contributed by atoms with van der Waals surface area (Å²) in [4.78, 5) is 9.58. The lowest BCUT2D eigenvalue weighted by Crippen LogP contribution is -2.07. The second-order valence-corrected chi connectivity index (χ2v) is 7.96. The van der Waals surface area contributed by atoms with Gasteiger partial charge in [0.2, 0.25) is 0 Å². The molecule has 27 heavy (non-hydrogen) atoms. The average molecular weight is 483 g/mol. The molecule has 0 radical (unpaired) electrons. The van der Waals surface area contributed by atoms with Crippen molar-refractivity contribution in [3.05, 3.63) is 93.0 Å². The second-order valence-electron chi connectivity index (χ2n) is 6.19. The van der Waals surface area contributed by atoms with Gasteiger partial charge in [-0.15, -0.1) is 0 Å². The van der Waals surface area contributed by atoms with Gasteiger partial charge in [-0.1, -0.05) is 50.1 Å². The number of hydrogen-bond acceptors (Lipinski definition) is 3. The number of imidazole rings is 1. The zero-order chi connectivity index (χ0) is 18.4. The number of aliphatic imine (C=N–C) groups is 1. The lowest BCUT2D eigenvalue weighted by Gasteiger charge is -2.13. The van der Waals surface area contributed by atoms with Crippen LogP contribution in [0, 0.1) is 0 Å². The van der Waals surface area contributed by atoms with Crippen molar-refractivity contribution in [1.29, 1.82) is 0 Å². The van der Waals surface area contributed by atoms with Gasteiger partial charge < -0.3 is 4.42 Å². The number of halogens is 2. The Morgan fingerprint density at radius 1 is 0.963 bits per heavy atom. The summed E-state index contributed by atoms with van der Waals surface area (Å²) in [5.74, 6) is 0.752. The Hall–Kier alpha value is -2.44. The van der Waals surface area contributed by atoms with Gasteiger partial charge >= 0.3 is 0 Å². The van der Waals surface area contributed by atoms with Crippen molar-refractivity contribution in [3.63, 3.8) is 0 Å². The van der Waals surface area contributed by atoms with Crippen LogP contribution < -0.4 is 0 Å². The molecule has 0 atom stereocenters. The van der Waals surface area contributed by atoms with E-state index in [9.17, 15) is 0 Å². The first kappa shape index (κ1) is 16.7. The van der Waals surface area contributed by atoms with Gasteiger partial charge in [-0.3, -0.25) is 9.56 Å². The molecule has 4 nitrogen and oxygen atoms in total. The third-order valence-corrected chi connectivity index (χ3v) is 5.79. The SMILES string of the molecule is Brc1ccc2c(c1)C(c1ccccc1Br)=NCc1c(-c3ccco3)ncn1-2. The first-order valence-electron chi connectivity index (χ1n) is 8.42. The number of fused-ring (bicyclic) bond motifs is 3. The molecule has 6 heteroatoms. The highest BCUT2D eigenvalue weighted by atomic mass is 79.9. The third-order valence-electron chi connectivity index (χ3n) is 4.61. The molecule has 0 N–H and O–H groups in total.